The van der Waals surface area contributed by atoms with Crippen molar-refractivity contribution in [2.75, 3.05) is 26.2 Å². The number of hydrogen-bond donors (Lipinski definition) is 1. The Hall–Kier alpha value is -0.780. The van der Waals surface area contributed by atoms with Gasteiger partial charge in [-0.15, -0.1) is 24.8 Å². The Morgan fingerprint density at radius 1 is 1.08 bits per heavy atom. The summed E-state index contributed by atoms with van der Waals surface area (Å²) in [4.78, 5) is 14.4. The average Bonchev–Trinajstić information content (AvgIpc) is 3.07. The lowest BCUT2D eigenvalue weighted by Crippen LogP contribution is -2.39. The number of amides is 1. The predicted molar refractivity (Wildman–Crippen MR) is 101 cm³/mol. The summed E-state index contributed by atoms with van der Waals surface area (Å²) in [5.74, 6) is 1.78. The maximum absolute atomic E-state index is 12.4. The van der Waals surface area contributed by atoms with E-state index in [9.17, 15) is 4.79 Å². The molecular weight excluding hydrogens is 347 g/mol. The Balaban J connectivity index is 0.00000144. The summed E-state index contributed by atoms with van der Waals surface area (Å²) in [6, 6.07) is 1.97. The third-order valence-electron chi connectivity index (χ3n) is 5.20. The molecule has 0 atom stereocenters. The van der Waals surface area contributed by atoms with Crippen LogP contribution in [0.1, 0.15) is 38.5 Å². The topological polar surface area (TPSA) is 50.2 Å². The second-order valence-corrected chi connectivity index (χ2v) is 6.78. The van der Waals surface area contributed by atoms with Crippen LogP contribution < -0.4 is 5.32 Å². The quantitative estimate of drug-likeness (QED) is 0.859. The van der Waals surface area contributed by atoms with E-state index in [1.54, 1.807) is 0 Å². The van der Waals surface area contributed by atoms with E-state index in [-0.39, 0.29) is 24.8 Å². The summed E-state index contributed by atoms with van der Waals surface area (Å²) in [6.07, 6.45) is 10.4. The molecule has 0 unspecified atom stereocenters. The normalized spacial score (nSPS) is 19.4. The van der Waals surface area contributed by atoms with Gasteiger partial charge in [-0.2, -0.15) is 5.10 Å². The monoisotopic (exact) mass is 376 g/mol. The second-order valence-electron chi connectivity index (χ2n) is 6.78. The number of piperidine rings is 2. The van der Waals surface area contributed by atoms with E-state index in [1.165, 1.54) is 12.8 Å². The van der Waals surface area contributed by atoms with Gasteiger partial charge in [-0.05, 0) is 63.1 Å². The highest BCUT2D eigenvalue weighted by Gasteiger charge is 2.24. The summed E-state index contributed by atoms with van der Waals surface area (Å²) < 4.78 is 2.01. The zero-order valence-electron chi connectivity index (χ0n) is 14.2. The molecule has 0 aromatic carbocycles. The third-order valence-corrected chi connectivity index (χ3v) is 5.20. The lowest BCUT2D eigenvalue weighted by Gasteiger charge is -2.32. The second kappa shape index (κ2) is 11.0. The molecule has 1 aromatic heterocycles. The molecule has 5 nitrogen and oxygen atoms in total. The molecule has 3 heterocycles. The number of rotatable bonds is 5. The van der Waals surface area contributed by atoms with Crippen LogP contribution in [0.25, 0.3) is 0 Å². The smallest absolute Gasteiger partial charge is 0.222 e. The first-order chi connectivity index (χ1) is 10.8. The molecule has 0 bridgehead atoms. The Labute approximate surface area is 157 Å². The van der Waals surface area contributed by atoms with Crippen LogP contribution in [-0.4, -0.2) is 46.8 Å². The van der Waals surface area contributed by atoms with Crippen LogP contribution >= 0.6 is 24.8 Å². The molecular formula is C17H30Cl2N4O. The van der Waals surface area contributed by atoms with Crippen molar-refractivity contribution in [1.82, 2.24) is 20.0 Å². The largest absolute Gasteiger partial charge is 0.343 e. The number of hydrogen-bond acceptors (Lipinski definition) is 3. The van der Waals surface area contributed by atoms with Crippen molar-refractivity contribution < 1.29 is 4.79 Å². The van der Waals surface area contributed by atoms with E-state index >= 15 is 0 Å². The van der Waals surface area contributed by atoms with Gasteiger partial charge in [0.2, 0.25) is 5.91 Å². The van der Waals surface area contributed by atoms with E-state index in [0.29, 0.717) is 11.8 Å². The van der Waals surface area contributed by atoms with Gasteiger partial charge in [-0.1, -0.05) is 0 Å². The van der Waals surface area contributed by atoms with Crippen molar-refractivity contribution >= 4 is 30.7 Å². The van der Waals surface area contributed by atoms with Crippen LogP contribution in [-0.2, 0) is 11.3 Å². The number of carbonyl (C=O) groups is 1. The van der Waals surface area contributed by atoms with Gasteiger partial charge < -0.3 is 10.2 Å². The van der Waals surface area contributed by atoms with Gasteiger partial charge in [0.1, 0.15) is 0 Å². The van der Waals surface area contributed by atoms with Crippen LogP contribution in [0.15, 0.2) is 18.5 Å². The highest BCUT2D eigenvalue weighted by Crippen LogP contribution is 2.22. The number of nitrogens with one attached hydrogen (secondary N) is 1. The summed E-state index contributed by atoms with van der Waals surface area (Å²) in [5.41, 5.74) is 0. The number of halogens is 2. The van der Waals surface area contributed by atoms with Crippen LogP contribution in [0.5, 0.6) is 0 Å². The SMILES string of the molecule is Cl.Cl.O=C(CCC1CCNCC1)N1CCC(Cn2cccn2)CC1. The summed E-state index contributed by atoms with van der Waals surface area (Å²) in [6.45, 7) is 5.09. The van der Waals surface area contributed by atoms with Crippen molar-refractivity contribution in [3.05, 3.63) is 18.5 Å². The fourth-order valence-electron chi connectivity index (χ4n) is 3.69. The average molecular weight is 377 g/mol. The third kappa shape index (κ3) is 6.26. The molecule has 1 aromatic rings. The molecule has 24 heavy (non-hydrogen) atoms. The molecule has 0 saturated carbocycles. The number of likely N-dealkylation sites (tertiary alicyclic amines) is 1. The van der Waals surface area contributed by atoms with Crippen molar-refractivity contribution in [1.29, 1.82) is 0 Å². The first-order valence-electron chi connectivity index (χ1n) is 8.77. The van der Waals surface area contributed by atoms with Crippen molar-refractivity contribution in [2.24, 2.45) is 11.8 Å². The Bertz CT molecular complexity index is 455. The van der Waals surface area contributed by atoms with Crippen LogP contribution in [0.4, 0.5) is 0 Å². The van der Waals surface area contributed by atoms with Gasteiger partial charge in [0.15, 0.2) is 0 Å². The zero-order valence-corrected chi connectivity index (χ0v) is 15.9. The Morgan fingerprint density at radius 2 is 1.79 bits per heavy atom. The standard InChI is InChI=1S/C17H28N4O.2ClH/c22-17(3-2-15-4-9-18-10-5-15)20-12-6-16(7-13-20)14-21-11-1-8-19-21;;/h1,8,11,15-16,18H,2-7,9-10,12-14H2;2*1H. The molecule has 3 rings (SSSR count). The van der Waals surface area contributed by atoms with Gasteiger partial charge in [-0.3, -0.25) is 9.48 Å². The molecule has 138 valence electrons. The lowest BCUT2D eigenvalue weighted by molar-refractivity contribution is -0.133. The minimum atomic E-state index is 0. The highest BCUT2D eigenvalue weighted by atomic mass is 35.5. The fraction of sp³-hybridized carbons (Fsp3) is 0.765. The van der Waals surface area contributed by atoms with Crippen molar-refractivity contribution in [3.8, 4) is 0 Å². The summed E-state index contributed by atoms with van der Waals surface area (Å²) in [7, 11) is 0. The molecule has 0 radical (unpaired) electrons. The van der Waals surface area contributed by atoms with E-state index in [4.69, 9.17) is 0 Å². The molecule has 2 fully saturated rings. The molecule has 1 amide bonds. The zero-order chi connectivity index (χ0) is 15.2. The van der Waals surface area contributed by atoms with Gasteiger partial charge in [0, 0.05) is 38.4 Å². The molecule has 2 aliphatic rings. The molecule has 7 heteroatoms. The summed E-state index contributed by atoms with van der Waals surface area (Å²) in [5, 5.41) is 7.66. The first-order valence-corrected chi connectivity index (χ1v) is 8.77. The van der Waals surface area contributed by atoms with Gasteiger partial charge in [-0.25, -0.2) is 0 Å². The highest BCUT2D eigenvalue weighted by molar-refractivity contribution is 5.85. The van der Waals surface area contributed by atoms with Crippen LogP contribution in [0, 0.1) is 11.8 Å². The van der Waals surface area contributed by atoms with Crippen molar-refractivity contribution in [2.45, 2.75) is 45.1 Å². The van der Waals surface area contributed by atoms with E-state index in [2.05, 4.69) is 15.3 Å². The number of carbonyl (C=O) groups excluding carboxylic acids is 1. The molecule has 2 aliphatic heterocycles. The van der Waals surface area contributed by atoms with Gasteiger partial charge >= 0.3 is 0 Å². The van der Waals surface area contributed by atoms with Gasteiger partial charge in [0.05, 0.1) is 0 Å². The molecule has 0 aliphatic carbocycles. The molecule has 0 spiro atoms. The first kappa shape index (κ1) is 21.3. The van der Waals surface area contributed by atoms with Crippen LogP contribution in [0.3, 0.4) is 0 Å². The lowest BCUT2D eigenvalue weighted by atomic mass is 9.92. The van der Waals surface area contributed by atoms with Crippen LogP contribution in [0.2, 0.25) is 0 Å². The van der Waals surface area contributed by atoms with E-state index in [1.807, 2.05) is 23.1 Å². The fourth-order valence-corrected chi connectivity index (χ4v) is 3.69. The maximum Gasteiger partial charge on any atom is 0.222 e. The van der Waals surface area contributed by atoms with E-state index < -0.39 is 0 Å². The van der Waals surface area contributed by atoms with Crippen molar-refractivity contribution in [3.63, 3.8) is 0 Å². The van der Waals surface area contributed by atoms with Gasteiger partial charge in [0.25, 0.3) is 0 Å². The Kier molecular flexibility index (Phi) is 9.71. The molecule has 2 saturated heterocycles. The van der Waals surface area contributed by atoms with E-state index in [0.717, 1.165) is 64.3 Å². The summed E-state index contributed by atoms with van der Waals surface area (Å²) >= 11 is 0. The minimum Gasteiger partial charge on any atom is -0.343 e. The number of nitrogens with zero attached hydrogens (tertiary/aromatic N) is 3. The number of aromatic nitrogens is 2. The minimum absolute atomic E-state index is 0. The molecule has 1 N–H and O–H groups in total. The maximum atomic E-state index is 12.4. The Morgan fingerprint density at radius 3 is 2.42 bits per heavy atom. The predicted octanol–water partition coefficient (Wildman–Crippen LogP) is 2.75.